The van der Waals surface area contributed by atoms with E-state index in [1.807, 2.05) is 38.2 Å². The summed E-state index contributed by atoms with van der Waals surface area (Å²) in [5.74, 6) is -0.450. The van der Waals surface area contributed by atoms with Crippen LogP contribution in [0.5, 0.6) is 0 Å². The molecule has 0 rings (SSSR count). The average molecular weight is 370 g/mol. The van der Waals surface area contributed by atoms with Crippen LogP contribution in [0.25, 0.3) is 0 Å². The molecule has 0 amide bonds. The Kier molecular flexibility index (Phi) is 13.8. The number of esters is 1. The smallest absolute Gasteiger partial charge is 0.333 e. The molecule has 6 nitrogen and oxygen atoms in total. The molecule has 1 atom stereocenters. The molecule has 1 N–H and O–H groups in total. The van der Waals surface area contributed by atoms with Gasteiger partial charge in [0.1, 0.15) is 6.79 Å². The fraction of sp³-hybridized carbons (Fsp3) is 0.650. The number of ether oxygens (including phenoxy) is 4. The van der Waals surface area contributed by atoms with Gasteiger partial charge in [-0.1, -0.05) is 44.7 Å². The minimum absolute atomic E-state index is 0.211. The second-order valence-corrected chi connectivity index (χ2v) is 6.55. The molecule has 0 aromatic heterocycles. The van der Waals surface area contributed by atoms with Crippen molar-refractivity contribution in [2.24, 2.45) is 5.41 Å². The summed E-state index contributed by atoms with van der Waals surface area (Å²) in [6.07, 6.45) is 7.77. The number of methoxy groups -OCH3 is 1. The maximum Gasteiger partial charge on any atom is 0.333 e. The molecule has 0 spiro atoms. The minimum atomic E-state index is -0.650. The van der Waals surface area contributed by atoms with Gasteiger partial charge >= 0.3 is 5.97 Å². The van der Waals surface area contributed by atoms with Crippen LogP contribution in [0.1, 0.15) is 33.6 Å². The van der Waals surface area contributed by atoms with E-state index < -0.39 is 12.1 Å². The van der Waals surface area contributed by atoms with Gasteiger partial charge in [-0.3, -0.25) is 0 Å². The number of aliphatic hydroxyl groups is 1. The van der Waals surface area contributed by atoms with Crippen molar-refractivity contribution in [3.8, 4) is 0 Å². The van der Waals surface area contributed by atoms with Gasteiger partial charge in [-0.2, -0.15) is 0 Å². The zero-order chi connectivity index (χ0) is 19.8. The van der Waals surface area contributed by atoms with Crippen molar-refractivity contribution in [1.82, 2.24) is 0 Å². The Morgan fingerprint density at radius 3 is 2.62 bits per heavy atom. The van der Waals surface area contributed by atoms with Gasteiger partial charge in [0.05, 0.1) is 32.5 Å². The van der Waals surface area contributed by atoms with E-state index in [4.69, 9.17) is 18.9 Å². The highest BCUT2D eigenvalue weighted by Crippen LogP contribution is 2.26. The van der Waals surface area contributed by atoms with E-state index in [-0.39, 0.29) is 18.6 Å². The molecule has 0 aliphatic carbocycles. The highest BCUT2D eigenvalue weighted by atomic mass is 16.7. The van der Waals surface area contributed by atoms with Crippen molar-refractivity contribution >= 4 is 5.97 Å². The fourth-order valence-electron chi connectivity index (χ4n) is 2.17. The van der Waals surface area contributed by atoms with Gasteiger partial charge in [0, 0.05) is 19.1 Å². The number of hydrogen-bond donors (Lipinski definition) is 1. The Hall–Kier alpha value is -1.47. The fourth-order valence-corrected chi connectivity index (χ4v) is 2.17. The van der Waals surface area contributed by atoms with Crippen LogP contribution in [0, 0.1) is 5.41 Å². The highest BCUT2D eigenvalue weighted by molar-refractivity contribution is 5.87. The maximum atomic E-state index is 11.5. The largest absolute Gasteiger partial charge is 0.463 e. The predicted octanol–water partition coefficient (Wildman–Crippen LogP) is 3.02. The summed E-state index contributed by atoms with van der Waals surface area (Å²) >= 11 is 0. The molecule has 26 heavy (non-hydrogen) atoms. The van der Waals surface area contributed by atoms with Gasteiger partial charge in [-0.15, -0.1) is 0 Å². The second-order valence-electron chi connectivity index (χ2n) is 6.55. The minimum Gasteiger partial charge on any atom is -0.463 e. The zero-order valence-electron chi connectivity index (χ0n) is 16.5. The molecule has 0 aromatic carbocycles. The van der Waals surface area contributed by atoms with Gasteiger partial charge in [0.15, 0.2) is 0 Å². The van der Waals surface area contributed by atoms with Crippen molar-refractivity contribution < 1.29 is 28.8 Å². The van der Waals surface area contributed by atoms with Crippen molar-refractivity contribution in [2.75, 3.05) is 40.3 Å². The molecule has 0 heterocycles. The van der Waals surface area contributed by atoms with Crippen LogP contribution < -0.4 is 0 Å². The SMILES string of the molecule is C=C(CC(O)CC(C)(C)/C=C/C=C/COCOCCOC)C(=O)OCC. The van der Waals surface area contributed by atoms with Crippen LogP contribution in [-0.4, -0.2) is 57.5 Å². The summed E-state index contributed by atoms with van der Waals surface area (Å²) in [6, 6.07) is 0. The summed E-state index contributed by atoms with van der Waals surface area (Å²) in [5.41, 5.74) is 0.0758. The number of hydrogen-bond acceptors (Lipinski definition) is 6. The molecular weight excluding hydrogens is 336 g/mol. The lowest BCUT2D eigenvalue weighted by atomic mass is 9.84. The summed E-state index contributed by atoms with van der Waals surface area (Å²) in [6.45, 7) is 11.5. The molecule has 0 aliphatic rings. The van der Waals surface area contributed by atoms with Gasteiger partial charge < -0.3 is 24.1 Å². The van der Waals surface area contributed by atoms with Crippen molar-refractivity contribution in [2.45, 2.75) is 39.7 Å². The van der Waals surface area contributed by atoms with E-state index in [0.717, 1.165) is 0 Å². The monoisotopic (exact) mass is 370 g/mol. The Bertz CT molecular complexity index is 453. The number of carbonyl (C=O) groups is 1. The molecule has 6 heteroatoms. The Morgan fingerprint density at radius 1 is 1.23 bits per heavy atom. The predicted molar refractivity (Wildman–Crippen MR) is 102 cm³/mol. The molecule has 0 saturated carbocycles. The van der Waals surface area contributed by atoms with Crippen LogP contribution in [0.2, 0.25) is 0 Å². The average Bonchev–Trinajstić information content (AvgIpc) is 2.56. The molecule has 0 aromatic rings. The third-order valence-electron chi connectivity index (χ3n) is 3.41. The lowest BCUT2D eigenvalue weighted by Crippen LogP contribution is -2.21. The van der Waals surface area contributed by atoms with Crippen molar-refractivity contribution in [3.05, 3.63) is 36.5 Å². The summed E-state index contributed by atoms with van der Waals surface area (Å²) < 4.78 is 20.2. The van der Waals surface area contributed by atoms with Crippen LogP contribution in [0.4, 0.5) is 0 Å². The molecule has 1 unspecified atom stereocenters. The quantitative estimate of drug-likeness (QED) is 0.157. The number of allylic oxidation sites excluding steroid dienone is 3. The molecule has 0 fully saturated rings. The van der Waals surface area contributed by atoms with Gasteiger partial charge in [-0.05, 0) is 18.8 Å². The molecule has 0 saturated heterocycles. The van der Waals surface area contributed by atoms with E-state index in [1.165, 1.54) is 0 Å². The van der Waals surface area contributed by atoms with Crippen LogP contribution in [-0.2, 0) is 23.7 Å². The Balaban J connectivity index is 4.07. The van der Waals surface area contributed by atoms with Crippen LogP contribution >= 0.6 is 0 Å². The van der Waals surface area contributed by atoms with E-state index in [2.05, 4.69) is 6.58 Å². The summed E-state index contributed by atoms with van der Waals surface area (Å²) in [4.78, 5) is 11.5. The first-order chi connectivity index (χ1) is 12.3. The Labute approximate surface area is 157 Å². The van der Waals surface area contributed by atoms with E-state index in [9.17, 15) is 9.90 Å². The number of aliphatic hydroxyl groups excluding tert-OH is 1. The third-order valence-corrected chi connectivity index (χ3v) is 3.41. The molecule has 0 bridgehead atoms. The molecule has 150 valence electrons. The first-order valence-corrected chi connectivity index (χ1v) is 8.84. The van der Waals surface area contributed by atoms with E-state index in [0.29, 0.717) is 38.4 Å². The second kappa shape index (κ2) is 14.7. The maximum absolute atomic E-state index is 11.5. The van der Waals surface area contributed by atoms with Crippen molar-refractivity contribution in [1.29, 1.82) is 0 Å². The van der Waals surface area contributed by atoms with Crippen molar-refractivity contribution in [3.63, 3.8) is 0 Å². The number of rotatable bonds is 15. The Morgan fingerprint density at radius 2 is 1.96 bits per heavy atom. The normalized spacial score (nSPS) is 13.4. The lowest BCUT2D eigenvalue weighted by Gasteiger charge is -2.24. The summed E-state index contributed by atoms with van der Waals surface area (Å²) in [7, 11) is 1.62. The first kappa shape index (κ1) is 24.5. The highest BCUT2D eigenvalue weighted by Gasteiger charge is 2.21. The number of carbonyl (C=O) groups excluding carboxylic acids is 1. The van der Waals surface area contributed by atoms with E-state index in [1.54, 1.807) is 14.0 Å². The third kappa shape index (κ3) is 13.8. The standard InChI is InChI=1S/C20H34O6/c1-6-26-19(22)17(2)14-18(21)15-20(3,4)10-8-7-9-11-24-16-25-13-12-23-5/h7-10,18,21H,2,6,11-16H2,1,3-5H3/b9-7+,10-8+. The first-order valence-electron chi connectivity index (χ1n) is 8.84. The summed E-state index contributed by atoms with van der Waals surface area (Å²) in [5, 5.41) is 10.2. The topological polar surface area (TPSA) is 74.2 Å². The van der Waals surface area contributed by atoms with Crippen LogP contribution in [0.15, 0.2) is 36.5 Å². The van der Waals surface area contributed by atoms with Crippen LogP contribution in [0.3, 0.4) is 0 Å². The lowest BCUT2D eigenvalue weighted by molar-refractivity contribution is -0.138. The van der Waals surface area contributed by atoms with Gasteiger partial charge in [0.2, 0.25) is 0 Å². The molecule has 0 radical (unpaired) electrons. The van der Waals surface area contributed by atoms with E-state index >= 15 is 0 Å². The zero-order valence-corrected chi connectivity index (χ0v) is 16.5. The molecule has 0 aliphatic heterocycles. The van der Waals surface area contributed by atoms with Gasteiger partial charge in [-0.25, -0.2) is 4.79 Å². The molecular formula is C20H34O6. The van der Waals surface area contributed by atoms with Gasteiger partial charge in [0.25, 0.3) is 0 Å².